The molecule has 3 aromatic rings. The maximum atomic E-state index is 13.8. The summed E-state index contributed by atoms with van der Waals surface area (Å²) in [7, 11) is 0. The maximum Gasteiger partial charge on any atom is 0.433 e. The van der Waals surface area contributed by atoms with Crippen molar-refractivity contribution in [1.82, 2.24) is 9.97 Å². The summed E-state index contributed by atoms with van der Waals surface area (Å²) in [5.41, 5.74) is -0.574. The lowest BCUT2D eigenvalue weighted by Gasteiger charge is -2.16. The standard InChI is InChI=1S/C20H15F5N2O2/c1-9-11(3)27-14(6-15(9)28)12-8-26-18(20(23,24)25)7-17(12)29-16-5-4-13(21)19(22)10(16)2/h4-8H,1-3H3,(H,27,28). The Labute approximate surface area is 162 Å². The van der Waals surface area contributed by atoms with Gasteiger partial charge in [-0.1, -0.05) is 0 Å². The molecule has 9 heteroatoms. The van der Waals surface area contributed by atoms with Crippen LogP contribution in [0.25, 0.3) is 11.3 Å². The number of alkyl halides is 3. The summed E-state index contributed by atoms with van der Waals surface area (Å²) in [6.45, 7) is 4.47. The SMILES string of the molecule is Cc1[nH]c(-c2cnc(C(F)(F)F)cc2Oc2ccc(F)c(F)c2C)cc(=O)c1C. The molecule has 4 nitrogen and oxygen atoms in total. The molecular formula is C20H15F5N2O2. The van der Waals surface area contributed by atoms with Gasteiger partial charge in [0.25, 0.3) is 0 Å². The number of rotatable bonds is 3. The third-order valence-electron chi connectivity index (χ3n) is 4.49. The summed E-state index contributed by atoms with van der Waals surface area (Å²) in [5, 5.41) is 0. The zero-order valence-electron chi connectivity index (χ0n) is 15.5. The van der Waals surface area contributed by atoms with Crippen molar-refractivity contribution in [3.63, 3.8) is 0 Å². The molecule has 0 amide bonds. The highest BCUT2D eigenvalue weighted by atomic mass is 19.4. The van der Waals surface area contributed by atoms with Crippen molar-refractivity contribution in [2.75, 3.05) is 0 Å². The van der Waals surface area contributed by atoms with Crippen LogP contribution in [0.15, 0.2) is 35.3 Å². The first kappa shape index (κ1) is 20.5. The van der Waals surface area contributed by atoms with Crippen molar-refractivity contribution >= 4 is 0 Å². The summed E-state index contributed by atoms with van der Waals surface area (Å²) in [4.78, 5) is 18.4. The Kier molecular flexibility index (Phi) is 5.16. The molecule has 1 N–H and O–H groups in total. The molecule has 0 aliphatic carbocycles. The number of hydrogen-bond acceptors (Lipinski definition) is 3. The zero-order valence-corrected chi connectivity index (χ0v) is 15.5. The molecule has 0 radical (unpaired) electrons. The number of aryl methyl sites for hydroxylation is 1. The van der Waals surface area contributed by atoms with E-state index in [1.54, 1.807) is 13.8 Å². The first-order valence-corrected chi connectivity index (χ1v) is 8.39. The van der Waals surface area contributed by atoms with Gasteiger partial charge in [0.2, 0.25) is 0 Å². The van der Waals surface area contributed by atoms with Crippen molar-refractivity contribution in [1.29, 1.82) is 0 Å². The Hall–Kier alpha value is -3.23. The Bertz CT molecular complexity index is 1150. The molecule has 0 atom stereocenters. The van der Waals surface area contributed by atoms with Crippen molar-refractivity contribution < 1.29 is 26.7 Å². The average Bonchev–Trinajstić information content (AvgIpc) is 2.65. The minimum absolute atomic E-state index is 0.0577. The van der Waals surface area contributed by atoms with Gasteiger partial charge in [0, 0.05) is 35.2 Å². The third-order valence-corrected chi connectivity index (χ3v) is 4.49. The summed E-state index contributed by atoms with van der Waals surface area (Å²) in [6.07, 6.45) is -3.84. The molecule has 0 aliphatic rings. The molecule has 29 heavy (non-hydrogen) atoms. The lowest BCUT2D eigenvalue weighted by molar-refractivity contribution is -0.141. The second kappa shape index (κ2) is 7.31. The van der Waals surface area contributed by atoms with Crippen molar-refractivity contribution in [3.8, 4) is 22.8 Å². The second-order valence-corrected chi connectivity index (χ2v) is 6.45. The van der Waals surface area contributed by atoms with E-state index in [0.29, 0.717) is 17.3 Å². The number of H-pyrrole nitrogens is 1. The van der Waals surface area contributed by atoms with Crippen LogP contribution >= 0.6 is 0 Å². The fourth-order valence-electron chi connectivity index (χ4n) is 2.64. The molecule has 3 rings (SSSR count). The molecule has 0 saturated carbocycles. The van der Waals surface area contributed by atoms with Crippen molar-refractivity contribution in [2.24, 2.45) is 0 Å². The monoisotopic (exact) mass is 410 g/mol. The first-order valence-electron chi connectivity index (χ1n) is 8.39. The molecule has 1 aromatic carbocycles. The molecule has 0 bridgehead atoms. The van der Waals surface area contributed by atoms with Gasteiger partial charge >= 0.3 is 6.18 Å². The number of pyridine rings is 2. The van der Waals surface area contributed by atoms with E-state index in [-0.39, 0.29) is 33.7 Å². The van der Waals surface area contributed by atoms with E-state index in [9.17, 15) is 26.7 Å². The predicted molar refractivity (Wildman–Crippen MR) is 95.9 cm³/mol. The van der Waals surface area contributed by atoms with Crippen LogP contribution in [0.5, 0.6) is 11.5 Å². The van der Waals surface area contributed by atoms with Crippen LogP contribution in [0, 0.1) is 32.4 Å². The van der Waals surface area contributed by atoms with Crippen LogP contribution in [-0.2, 0) is 6.18 Å². The van der Waals surface area contributed by atoms with Crippen LogP contribution in [0.4, 0.5) is 22.0 Å². The maximum absolute atomic E-state index is 13.8. The lowest BCUT2D eigenvalue weighted by Crippen LogP contribution is -2.11. The van der Waals surface area contributed by atoms with Crippen LogP contribution in [-0.4, -0.2) is 9.97 Å². The molecule has 0 saturated heterocycles. The van der Waals surface area contributed by atoms with E-state index in [2.05, 4.69) is 9.97 Å². The quantitative estimate of drug-likeness (QED) is 0.584. The highest BCUT2D eigenvalue weighted by Gasteiger charge is 2.33. The Balaban J connectivity index is 2.20. The molecule has 152 valence electrons. The number of benzene rings is 1. The number of halogens is 5. The van der Waals surface area contributed by atoms with Gasteiger partial charge in [0.05, 0.1) is 11.3 Å². The van der Waals surface area contributed by atoms with Crippen LogP contribution in [0.2, 0.25) is 0 Å². The summed E-state index contributed by atoms with van der Waals surface area (Å²) >= 11 is 0. The Morgan fingerprint density at radius 2 is 1.69 bits per heavy atom. The fraction of sp³-hybridized carbons (Fsp3) is 0.200. The topological polar surface area (TPSA) is 55.0 Å². The normalized spacial score (nSPS) is 11.6. The molecule has 2 heterocycles. The predicted octanol–water partition coefficient (Wildman–Crippen LogP) is 5.45. The molecule has 2 aromatic heterocycles. The van der Waals surface area contributed by atoms with E-state index in [1.807, 2.05) is 0 Å². The van der Waals surface area contributed by atoms with E-state index < -0.39 is 23.5 Å². The Morgan fingerprint density at radius 3 is 2.31 bits per heavy atom. The minimum atomic E-state index is -4.75. The highest BCUT2D eigenvalue weighted by molar-refractivity contribution is 5.67. The largest absolute Gasteiger partial charge is 0.456 e. The van der Waals surface area contributed by atoms with Gasteiger partial charge in [0.15, 0.2) is 17.1 Å². The molecular weight excluding hydrogens is 395 g/mol. The third kappa shape index (κ3) is 3.98. The number of hydrogen-bond donors (Lipinski definition) is 1. The van der Waals surface area contributed by atoms with Crippen LogP contribution in [0.1, 0.15) is 22.5 Å². The number of aromatic nitrogens is 2. The summed E-state index contributed by atoms with van der Waals surface area (Å²) in [6, 6.07) is 3.76. The van der Waals surface area contributed by atoms with Gasteiger partial charge in [0.1, 0.15) is 17.2 Å². The fourth-order valence-corrected chi connectivity index (χ4v) is 2.64. The zero-order chi connectivity index (χ0) is 21.5. The minimum Gasteiger partial charge on any atom is -0.456 e. The number of aromatic amines is 1. The van der Waals surface area contributed by atoms with Gasteiger partial charge in [-0.05, 0) is 32.9 Å². The summed E-state index contributed by atoms with van der Waals surface area (Å²) in [5.74, 6) is -2.77. The van der Waals surface area contributed by atoms with Gasteiger partial charge in [-0.25, -0.2) is 8.78 Å². The summed E-state index contributed by atoms with van der Waals surface area (Å²) < 4.78 is 72.1. The smallest absolute Gasteiger partial charge is 0.433 e. The van der Waals surface area contributed by atoms with Gasteiger partial charge in [-0.3, -0.25) is 9.78 Å². The van der Waals surface area contributed by atoms with Gasteiger partial charge < -0.3 is 9.72 Å². The van der Waals surface area contributed by atoms with Gasteiger partial charge in [-0.2, -0.15) is 13.2 Å². The lowest BCUT2D eigenvalue weighted by atomic mass is 10.1. The number of nitrogens with zero attached hydrogens (tertiary/aromatic N) is 1. The second-order valence-electron chi connectivity index (χ2n) is 6.45. The molecule has 0 aliphatic heterocycles. The van der Waals surface area contributed by atoms with Crippen LogP contribution in [0.3, 0.4) is 0 Å². The van der Waals surface area contributed by atoms with E-state index in [1.165, 1.54) is 13.0 Å². The van der Waals surface area contributed by atoms with Crippen molar-refractivity contribution in [3.05, 3.63) is 74.8 Å². The Morgan fingerprint density at radius 1 is 1.00 bits per heavy atom. The van der Waals surface area contributed by atoms with E-state index >= 15 is 0 Å². The number of nitrogens with one attached hydrogen (secondary N) is 1. The number of ether oxygens (including phenoxy) is 1. The average molecular weight is 410 g/mol. The van der Waals surface area contributed by atoms with Crippen LogP contribution < -0.4 is 10.2 Å². The van der Waals surface area contributed by atoms with E-state index in [0.717, 1.165) is 18.3 Å². The molecule has 0 spiro atoms. The van der Waals surface area contributed by atoms with Crippen molar-refractivity contribution in [2.45, 2.75) is 26.9 Å². The highest BCUT2D eigenvalue weighted by Crippen LogP contribution is 2.38. The van der Waals surface area contributed by atoms with Gasteiger partial charge in [-0.15, -0.1) is 0 Å². The molecule has 0 fully saturated rings. The first-order chi connectivity index (χ1) is 13.5. The van der Waals surface area contributed by atoms with E-state index in [4.69, 9.17) is 4.74 Å². The molecule has 0 unspecified atom stereocenters.